The van der Waals surface area contributed by atoms with Crippen LogP contribution in [0.15, 0.2) is 18.5 Å². The zero-order valence-electron chi connectivity index (χ0n) is 13.1. The van der Waals surface area contributed by atoms with E-state index in [1.807, 2.05) is 12.4 Å². The second-order valence-electron chi connectivity index (χ2n) is 5.96. The molecule has 0 fully saturated rings. The molecule has 0 aliphatic heterocycles. The van der Waals surface area contributed by atoms with Crippen molar-refractivity contribution in [1.82, 2.24) is 10.3 Å². The Morgan fingerprint density at radius 3 is 2.53 bits per heavy atom. The molecule has 1 heterocycles. The topological polar surface area (TPSA) is 28.2 Å². The minimum absolute atomic E-state index is 0.671. The zero-order valence-corrected chi connectivity index (χ0v) is 13.1. The molecule has 0 radical (unpaired) electrons. The van der Waals surface area contributed by atoms with E-state index in [4.69, 9.17) is 0 Å². The zero-order chi connectivity index (χ0) is 14.3. The summed E-state index contributed by atoms with van der Waals surface area (Å²) in [5.41, 5.74) is 2.62. The Labute approximate surface area is 118 Å². The molecular weight excluding hydrogens is 234 g/mol. The number of pyridine rings is 1. The Morgan fingerprint density at radius 1 is 1.21 bits per heavy atom. The molecule has 1 rings (SSSR count). The molecule has 0 aliphatic rings. The highest BCUT2D eigenvalue weighted by Gasteiger charge is 2.11. The Bertz CT molecular complexity index is 361. The average molecular weight is 263 g/mol. The maximum absolute atomic E-state index is 4.27. The Hall–Kier alpha value is -1.09. The van der Waals surface area contributed by atoms with Gasteiger partial charge in [0, 0.05) is 43.3 Å². The highest BCUT2D eigenvalue weighted by molar-refractivity contribution is 5.52. The van der Waals surface area contributed by atoms with Gasteiger partial charge >= 0.3 is 0 Å². The Kier molecular flexibility index (Phi) is 6.85. The molecule has 0 spiro atoms. The predicted molar refractivity (Wildman–Crippen MR) is 83.5 cm³/mol. The van der Waals surface area contributed by atoms with E-state index in [0.717, 1.165) is 26.2 Å². The smallest absolute Gasteiger partial charge is 0.0442 e. The van der Waals surface area contributed by atoms with Crippen LogP contribution in [0.3, 0.4) is 0 Å². The molecule has 3 heteroatoms. The van der Waals surface area contributed by atoms with E-state index in [-0.39, 0.29) is 0 Å². The summed E-state index contributed by atoms with van der Waals surface area (Å²) < 4.78 is 0. The van der Waals surface area contributed by atoms with Gasteiger partial charge in [0.2, 0.25) is 0 Å². The van der Waals surface area contributed by atoms with Gasteiger partial charge in [-0.25, -0.2) is 0 Å². The van der Waals surface area contributed by atoms with E-state index < -0.39 is 0 Å². The fraction of sp³-hybridized carbons (Fsp3) is 0.688. The van der Waals surface area contributed by atoms with Crippen LogP contribution >= 0.6 is 0 Å². The van der Waals surface area contributed by atoms with Crippen molar-refractivity contribution in [2.75, 3.05) is 24.5 Å². The van der Waals surface area contributed by atoms with Gasteiger partial charge < -0.3 is 10.2 Å². The van der Waals surface area contributed by atoms with Gasteiger partial charge in [-0.05, 0) is 31.4 Å². The monoisotopic (exact) mass is 263 g/mol. The van der Waals surface area contributed by atoms with Crippen molar-refractivity contribution in [3.05, 3.63) is 24.0 Å². The normalized spacial score (nSPS) is 11.3. The molecule has 0 unspecified atom stereocenters. The van der Waals surface area contributed by atoms with Gasteiger partial charge in [0.05, 0.1) is 0 Å². The maximum Gasteiger partial charge on any atom is 0.0442 e. The summed E-state index contributed by atoms with van der Waals surface area (Å²) in [5.74, 6) is 1.35. The molecular formula is C16H29N3. The lowest BCUT2D eigenvalue weighted by Gasteiger charge is -2.27. The Morgan fingerprint density at radius 2 is 1.95 bits per heavy atom. The highest BCUT2D eigenvalue weighted by Crippen LogP contribution is 2.20. The number of hydrogen-bond acceptors (Lipinski definition) is 3. The summed E-state index contributed by atoms with van der Waals surface area (Å²) in [5, 5.41) is 3.51. The minimum atomic E-state index is 0.671. The van der Waals surface area contributed by atoms with Crippen LogP contribution in [0.2, 0.25) is 0 Å². The van der Waals surface area contributed by atoms with E-state index in [1.165, 1.54) is 11.3 Å². The SMILES string of the molecule is CCN(CC(C)C)c1ccncc1CNCC(C)C. The van der Waals surface area contributed by atoms with Crippen LogP contribution in [0.1, 0.15) is 40.2 Å². The van der Waals surface area contributed by atoms with Crippen LogP contribution in [0, 0.1) is 11.8 Å². The van der Waals surface area contributed by atoms with Crippen molar-refractivity contribution >= 4 is 5.69 Å². The average Bonchev–Trinajstić information content (AvgIpc) is 2.36. The van der Waals surface area contributed by atoms with Gasteiger partial charge in [-0.15, -0.1) is 0 Å². The first kappa shape index (κ1) is 16.0. The summed E-state index contributed by atoms with van der Waals surface area (Å²) in [6, 6.07) is 2.14. The molecule has 0 aromatic carbocycles. The van der Waals surface area contributed by atoms with E-state index in [0.29, 0.717) is 11.8 Å². The molecule has 1 aromatic rings. The van der Waals surface area contributed by atoms with Crippen molar-refractivity contribution in [2.45, 2.75) is 41.2 Å². The van der Waals surface area contributed by atoms with Gasteiger partial charge in [0.25, 0.3) is 0 Å². The molecule has 1 N–H and O–H groups in total. The van der Waals surface area contributed by atoms with Gasteiger partial charge in [0.15, 0.2) is 0 Å². The number of hydrogen-bond donors (Lipinski definition) is 1. The van der Waals surface area contributed by atoms with Crippen LogP contribution in [-0.4, -0.2) is 24.6 Å². The molecule has 0 amide bonds. The number of anilines is 1. The predicted octanol–water partition coefficient (Wildman–Crippen LogP) is 3.31. The van der Waals surface area contributed by atoms with Gasteiger partial charge in [-0.1, -0.05) is 27.7 Å². The van der Waals surface area contributed by atoms with Crippen LogP contribution in [0.5, 0.6) is 0 Å². The third-order valence-electron chi connectivity index (χ3n) is 3.05. The first-order valence-corrected chi connectivity index (χ1v) is 7.43. The first-order valence-electron chi connectivity index (χ1n) is 7.43. The maximum atomic E-state index is 4.27. The van der Waals surface area contributed by atoms with E-state index in [1.54, 1.807) is 0 Å². The number of nitrogens with one attached hydrogen (secondary N) is 1. The number of nitrogens with zero attached hydrogens (tertiary/aromatic N) is 2. The summed E-state index contributed by atoms with van der Waals surface area (Å²) >= 11 is 0. The lowest BCUT2D eigenvalue weighted by Crippen LogP contribution is -2.29. The fourth-order valence-corrected chi connectivity index (χ4v) is 2.20. The van der Waals surface area contributed by atoms with Crippen molar-refractivity contribution < 1.29 is 0 Å². The lowest BCUT2D eigenvalue weighted by atomic mass is 10.1. The van der Waals surface area contributed by atoms with E-state index >= 15 is 0 Å². The molecule has 0 atom stereocenters. The van der Waals surface area contributed by atoms with Crippen LogP contribution in [0.25, 0.3) is 0 Å². The summed E-state index contributed by atoms with van der Waals surface area (Å²) in [4.78, 5) is 6.72. The van der Waals surface area contributed by atoms with Gasteiger partial charge in [-0.3, -0.25) is 4.98 Å². The van der Waals surface area contributed by atoms with Crippen molar-refractivity contribution in [2.24, 2.45) is 11.8 Å². The summed E-state index contributed by atoms with van der Waals surface area (Å²) in [6.07, 6.45) is 3.88. The van der Waals surface area contributed by atoms with Crippen LogP contribution in [-0.2, 0) is 6.54 Å². The fourth-order valence-electron chi connectivity index (χ4n) is 2.20. The van der Waals surface area contributed by atoms with Crippen LogP contribution in [0.4, 0.5) is 5.69 Å². The quantitative estimate of drug-likeness (QED) is 0.780. The van der Waals surface area contributed by atoms with Crippen molar-refractivity contribution in [3.8, 4) is 0 Å². The van der Waals surface area contributed by atoms with Crippen molar-refractivity contribution in [1.29, 1.82) is 0 Å². The molecule has 19 heavy (non-hydrogen) atoms. The molecule has 0 saturated carbocycles. The third kappa shape index (κ3) is 5.60. The van der Waals surface area contributed by atoms with Gasteiger partial charge in [0.1, 0.15) is 0 Å². The minimum Gasteiger partial charge on any atom is -0.371 e. The molecule has 0 aliphatic carbocycles. The Balaban J connectivity index is 2.75. The standard InChI is InChI=1S/C16H29N3/c1-6-19(12-14(4)5)16-7-8-17-10-15(16)11-18-9-13(2)3/h7-8,10,13-14,18H,6,9,11-12H2,1-5H3. The third-order valence-corrected chi connectivity index (χ3v) is 3.05. The molecule has 0 bridgehead atoms. The number of aromatic nitrogens is 1. The summed E-state index contributed by atoms with van der Waals surface area (Å²) in [6.45, 7) is 15.3. The van der Waals surface area contributed by atoms with E-state index in [2.05, 4.69) is 55.9 Å². The molecule has 108 valence electrons. The van der Waals surface area contributed by atoms with Gasteiger partial charge in [-0.2, -0.15) is 0 Å². The highest BCUT2D eigenvalue weighted by atomic mass is 15.1. The molecule has 1 aromatic heterocycles. The lowest BCUT2D eigenvalue weighted by molar-refractivity contribution is 0.550. The molecule has 3 nitrogen and oxygen atoms in total. The largest absolute Gasteiger partial charge is 0.371 e. The number of rotatable bonds is 8. The first-order chi connectivity index (χ1) is 9.04. The second-order valence-corrected chi connectivity index (χ2v) is 5.96. The van der Waals surface area contributed by atoms with Crippen molar-refractivity contribution in [3.63, 3.8) is 0 Å². The molecule has 0 saturated heterocycles. The summed E-state index contributed by atoms with van der Waals surface area (Å²) in [7, 11) is 0. The second kappa shape index (κ2) is 8.16. The van der Waals surface area contributed by atoms with Crippen LogP contribution < -0.4 is 10.2 Å². The van der Waals surface area contributed by atoms with E-state index in [9.17, 15) is 0 Å².